The quantitative estimate of drug-likeness (QED) is 0.282. The molecule has 0 aliphatic carbocycles. The molecule has 0 spiro atoms. The monoisotopic (exact) mass is 561 g/mol. The molecule has 1 unspecified atom stereocenters. The van der Waals surface area contributed by atoms with Crippen LogP contribution in [0, 0.1) is 17.0 Å². The van der Waals surface area contributed by atoms with Crippen LogP contribution in [0.15, 0.2) is 53.4 Å². The summed E-state index contributed by atoms with van der Waals surface area (Å²) in [4.78, 5) is 13.0. The minimum atomic E-state index is -4.54. The first-order chi connectivity index (χ1) is 18.0. The summed E-state index contributed by atoms with van der Waals surface area (Å²) in [7, 11) is -0.0164. The van der Waals surface area contributed by atoms with Crippen molar-refractivity contribution >= 4 is 33.0 Å². The number of hydrogen-bond donors (Lipinski definition) is 1. The predicted octanol–water partition coefficient (Wildman–Crippen LogP) is 5.12. The van der Waals surface area contributed by atoms with Crippen molar-refractivity contribution < 1.29 is 27.6 Å². The molecular formula is C26H28ClN3O7S. The Hall–Kier alpha value is -3.54. The normalized spacial score (nSPS) is 15.8. The zero-order valence-corrected chi connectivity index (χ0v) is 22.9. The first kappa shape index (κ1) is 27.5. The van der Waals surface area contributed by atoms with Crippen molar-refractivity contribution in [3.05, 3.63) is 69.2 Å². The maximum atomic E-state index is 13.8. The van der Waals surface area contributed by atoms with Gasteiger partial charge in [0.1, 0.15) is 11.9 Å². The fourth-order valence-corrected chi connectivity index (χ4v) is 5.97. The van der Waals surface area contributed by atoms with Crippen molar-refractivity contribution in [1.29, 1.82) is 0 Å². The van der Waals surface area contributed by atoms with Crippen LogP contribution in [0.2, 0.25) is 5.02 Å². The Morgan fingerprint density at radius 3 is 2.37 bits per heavy atom. The highest BCUT2D eigenvalue weighted by molar-refractivity contribution is 7.93. The lowest BCUT2D eigenvalue weighted by Gasteiger charge is -2.18. The topological polar surface area (TPSA) is 120 Å². The van der Waals surface area contributed by atoms with Crippen LogP contribution >= 0.6 is 11.6 Å². The zero-order valence-electron chi connectivity index (χ0n) is 21.4. The lowest BCUT2D eigenvalue weighted by Crippen LogP contribution is -2.21. The number of halogens is 1. The van der Waals surface area contributed by atoms with E-state index in [-0.39, 0.29) is 28.9 Å². The molecule has 1 saturated heterocycles. The summed E-state index contributed by atoms with van der Waals surface area (Å²) in [5.41, 5.74) is 0.865. The summed E-state index contributed by atoms with van der Waals surface area (Å²) in [6.45, 7) is 3.47. The molecule has 38 heavy (non-hydrogen) atoms. The number of sulfonamides is 1. The minimum absolute atomic E-state index is 0.0254. The van der Waals surface area contributed by atoms with E-state index in [2.05, 4.69) is 9.62 Å². The molecule has 0 aromatic heterocycles. The second-order valence-corrected chi connectivity index (χ2v) is 11.0. The highest BCUT2D eigenvalue weighted by atomic mass is 35.5. The van der Waals surface area contributed by atoms with Crippen LogP contribution in [0.4, 0.5) is 11.4 Å². The molecule has 1 aliphatic rings. The van der Waals surface area contributed by atoms with Gasteiger partial charge in [-0.15, -0.1) is 0 Å². The molecule has 0 saturated carbocycles. The van der Waals surface area contributed by atoms with Gasteiger partial charge in [0.05, 0.1) is 29.9 Å². The van der Waals surface area contributed by atoms with Gasteiger partial charge in [-0.2, -0.15) is 0 Å². The number of hydrogen-bond acceptors (Lipinski definition) is 8. The Morgan fingerprint density at radius 2 is 1.79 bits per heavy atom. The first-order valence-electron chi connectivity index (χ1n) is 11.7. The van der Waals surface area contributed by atoms with E-state index in [9.17, 15) is 18.5 Å². The van der Waals surface area contributed by atoms with E-state index in [1.54, 1.807) is 24.3 Å². The Bertz CT molecular complexity index is 1460. The molecule has 0 bridgehead atoms. The highest BCUT2D eigenvalue weighted by Crippen LogP contribution is 2.47. The fourth-order valence-electron chi connectivity index (χ4n) is 4.38. The van der Waals surface area contributed by atoms with Gasteiger partial charge in [-0.3, -0.25) is 14.8 Å². The highest BCUT2D eigenvalue weighted by Gasteiger charge is 2.37. The van der Waals surface area contributed by atoms with E-state index in [0.717, 1.165) is 18.5 Å². The van der Waals surface area contributed by atoms with Crippen LogP contribution in [0.3, 0.4) is 0 Å². The molecule has 0 radical (unpaired) electrons. The molecule has 1 fully saturated rings. The van der Waals surface area contributed by atoms with Crippen molar-refractivity contribution in [3.63, 3.8) is 0 Å². The standard InChI is InChI=1S/C26H28ClN3O7S/c1-16-5-7-17(8-6-16)20-14-23(35-3)25(36-4)24(30(31)32)26(20)38(33,34)28-18-9-10-21(27)22(13-18)37-19-11-12-29(2)15-19/h5-10,13-14,19,28H,11-12,15H2,1-4H3. The Labute approximate surface area is 226 Å². The number of nitrogens with zero attached hydrogens (tertiary/aromatic N) is 2. The second-order valence-electron chi connectivity index (χ2n) is 9.00. The molecule has 3 aromatic carbocycles. The molecule has 202 valence electrons. The smallest absolute Gasteiger partial charge is 0.335 e. The van der Waals surface area contributed by atoms with Gasteiger partial charge in [0, 0.05) is 24.7 Å². The lowest BCUT2D eigenvalue weighted by molar-refractivity contribution is -0.388. The third-order valence-electron chi connectivity index (χ3n) is 6.24. The number of nitrogens with one attached hydrogen (secondary N) is 1. The van der Waals surface area contributed by atoms with Gasteiger partial charge in [0.25, 0.3) is 10.0 Å². The van der Waals surface area contributed by atoms with Crippen LogP contribution in [-0.2, 0) is 10.0 Å². The second kappa shape index (κ2) is 11.1. The number of anilines is 1. The molecule has 3 aromatic rings. The number of aryl methyl sites for hydroxylation is 1. The molecule has 0 amide bonds. The summed E-state index contributed by atoms with van der Waals surface area (Å²) >= 11 is 6.32. The van der Waals surface area contributed by atoms with E-state index in [1.807, 2.05) is 14.0 Å². The zero-order chi connectivity index (χ0) is 27.6. The van der Waals surface area contributed by atoms with Crippen molar-refractivity contribution in [2.45, 2.75) is 24.3 Å². The average molecular weight is 562 g/mol. The van der Waals surface area contributed by atoms with Crippen molar-refractivity contribution in [2.24, 2.45) is 0 Å². The molecule has 12 heteroatoms. The summed E-state index contributed by atoms with van der Waals surface area (Å²) in [6.07, 6.45) is 0.713. The van der Waals surface area contributed by atoms with Gasteiger partial charge < -0.3 is 19.1 Å². The first-order valence-corrected chi connectivity index (χ1v) is 13.6. The number of nitro groups is 1. The summed E-state index contributed by atoms with van der Waals surface area (Å²) < 4.78 is 46.7. The van der Waals surface area contributed by atoms with E-state index < -0.39 is 25.5 Å². The number of likely N-dealkylation sites (N-methyl/N-ethyl adjacent to an activating group) is 1. The minimum Gasteiger partial charge on any atom is -0.493 e. The maximum Gasteiger partial charge on any atom is 0.335 e. The summed E-state index contributed by atoms with van der Waals surface area (Å²) in [5, 5.41) is 12.6. The number of nitro benzene ring substituents is 1. The molecule has 4 rings (SSSR count). The van der Waals surface area contributed by atoms with Crippen molar-refractivity contribution in [1.82, 2.24) is 4.90 Å². The number of ether oxygens (including phenoxy) is 3. The van der Waals surface area contributed by atoms with Crippen LogP contribution in [0.5, 0.6) is 17.2 Å². The SMILES string of the molecule is COc1cc(-c2ccc(C)cc2)c(S(=O)(=O)Nc2ccc(Cl)c(OC3CCN(C)C3)c2)c([N+](=O)[O-])c1OC. The molecule has 1 N–H and O–H groups in total. The van der Waals surface area contributed by atoms with Crippen LogP contribution in [0.25, 0.3) is 11.1 Å². The number of methoxy groups -OCH3 is 2. The van der Waals surface area contributed by atoms with Crippen molar-refractivity contribution in [3.8, 4) is 28.4 Å². The Balaban J connectivity index is 1.84. The summed E-state index contributed by atoms with van der Waals surface area (Å²) in [6, 6.07) is 12.8. The maximum absolute atomic E-state index is 13.8. The number of benzene rings is 3. The van der Waals surface area contributed by atoms with E-state index in [4.69, 9.17) is 25.8 Å². The Kier molecular flexibility index (Phi) is 8.00. The van der Waals surface area contributed by atoms with E-state index in [1.165, 1.54) is 38.5 Å². The lowest BCUT2D eigenvalue weighted by atomic mass is 10.0. The van der Waals surface area contributed by atoms with Gasteiger partial charge in [-0.25, -0.2) is 8.42 Å². The van der Waals surface area contributed by atoms with Gasteiger partial charge in [0.2, 0.25) is 5.75 Å². The molecule has 1 aliphatic heterocycles. The van der Waals surface area contributed by atoms with Crippen LogP contribution in [-0.4, -0.2) is 58.7 Å². The third-order valence-corrected chi connectivity index (χ3v) is 8.00. The number of rotatable bonds is 9. The summed E-state index contributed by atoms with van der Waals surface area (Å²) in [5.74, 6) is 0.0318. The molecule has 10 nitrogen and oxygen atoms in total. The van der Waals surface area contributed by atoms with Crippen LogP contribution in [0.1, 0.15) is 12.0 Å². The van der Waals surface area contributed by atoms with Gasteiger partial charge in [-0.1, -0.05) is 41.4 Å². The molecule has 1 atom stereocenters. The third kappa shape index (κ3) is 5.64. The van der Waals surface area contributed by atoms with Crippen LogP contribution < -0.4 is 18.9 Å². The van der Waals surface area contributed by atoms with Gasteiger partial charge in [0.15, 0.2) is 10.6 Å². The van der Waals surface area contributed by atoms with E-state index >= 15 is 0 Å². The molecular weight excluding hydrogens is 534 g/mol. The average Bonchev–Trinajstić information content (AvgIpc) is 3.29. The number of likely N-dealkylation sites (tertiary alicyclic amines) is 1. The largest absolute Gasteiger partial charge is 0.493 e. The fraction of sp³-hybridized carbons (Fsp3) is 0.308. The Morgan fingerprint density at radius 1 is 1.08 bits per heavy atom. The van der Waals surface area contributed by atoms with E-state index in [0.29, 0.717) is 22.9 Å². The molecule has 1 heterocycles. The van der Waals surface area contributed by atoms with Crippen molar-refractivity contribution in [2.75, 3.05) is 39.1 Å². The predicted molar refractivity (Wildman–Crippen MR) is 145 cm³/mol. The van der Waals surface area contributed by atoms with Gasteiger partial charge in [-0.05, 0) is 44.2 Å². The van der Waals surface area contributed by atoms with Gasteiger partial charge >= 0.3 is 5.69 Å².